The molecule has 0 saturated carbocycles. The minimum absolute atomic E-state index is 0.142. The predicted molar refractivity (Wildman–Crippen MR) is 77.9 cm³/mol. The summed E-state index contributed by atoms with van der Waals surface area (Å²) in [6.07, 6.45) is 1.11. The van der Waals surface area contributed by atoms with Gasteiger partial charge in [0.15, 0.2) is 0 Å². The highest BCUT2D eigenvalue weighted by Gasteiger charge is 2.25. The molecule has 1 heterocycles. The van der Waals surface area contributed by atoms with E-state index in [0.717, 1.165) is 25.1 Å². The van der Waals surface area contributed by atoms with Gasteiger partial charge in [0.05, 0.1) is 10.3 Å². The lowest BCUT2D eigenvalue weighted by molar-refractivity contribution is -0.384. The van der Waals surface area contributed by atoms with Gasteiger partial charge in [0, 0.05) is 30.5 Å². The van der Waals surface area contributed by atoms with E-state index in [1.807, 2.05) is 23.9 Å². The van der Waals surface area contributed by atoms with E-state index >= 15 is 0 Å². The largest absolute Gasteiger partial charge is 0.269 e. The minimum Gasteiger partial charge on any atom is -0.258 e. The first-order chi connectivity index (χ1) is 9.10. The molecule has 2 rings (SSSR count). The van der Waals surface area contributed by atoms with Crippen LogP contribution in [0.3, 0.4) is 0 Å². The number of nitro benzene ring substituents is 1. The number of hydrazine groups is 1. The van der Waals surface area contributed by atoms with Crippen LogP contribution in [0.4, 0.5) is 5.69 Å². The summed E-state index contributed by atoms with van der Waals surface area (Å²) in [5.41, 5.74) is 4.70. The number of non-ortho nitro benzene ring substituents is 1. The summed E-state index contributed by atoms with van der Waals surface area (Å²) in [4.78, 5) is 10.3. The van der Waals surface area contributed by atoms with Gasteiger partial charge in [-0.25, -0.2) is 10.4 Å². The Balaban J connectivity index is 2.09. The summed E-state index contributed by atoms with van der Waals surface area (Å²) in [6, 6.07) is 6.82. The molecule has 0 radical (unpaired) electrons. The van der Waals surface area contributed by atoms with Crippen LogP contribution >= 0.6 is 11.8 Å². The molecular formula is C13H19N3O2S. The molecule has 5 nitrogen and oxygen atoms in total. The van der Waals surface area contributed by atoms with Gasteiger partial charge in [-0.1, -0.05) is 13.8 Å². The fraction of sp³-hybridized carbons (Fsp3) is 0.538. The van der Waals surface area contributed by atoms with Gasteiger partial charge in [0.25, 0.3) is 5.69 Å². The van der Waals surface area contributed by atoms with Crippen molar-refractivity contribution in [2.75, 3.05) is 13.1 Å². The van der Waals surface area contributed by atoms with Crippen LogP contribution in [0.5, 0.6) is 0 Å². The Morgan fingerprint density at radius 3 is 2.74 bits per heavy atom. The summed E-state index contributed by atoms with van der Waals surface area (Å²) in [7, 11) is 0. The normalized spacial score (nSPS) is 24.3. The Kier molecular flexibility index (Phi) is 4.79. The summed E-state index contributed by atoms with van der Waals surface area (Å²) >= 11 is 1.86. The first kappa shape index (κ1) is 14.3. The summed E-state index contributed by atoms with van der Waals surface area (Å²) in [5.74, 6) is 0. The second kappa shape index (κ2) is 6.36. The highest BCUT2D eigenvalue weighted by molar-refractivity contribution is 8.00. The number of hydrogen-bond acceptors (Lipinski definition) is 5. The lowest BCUT2D eigenvalue weighted by Gasteiger charge is -2.37. The maximum atomic E-state index is 10.7. The van der Waals surface area contributed by atoms with E-state index in [2.05, 4.69) is 24.3 Å². The molecule has 0 spiro atoms. The highest BCUT2D eigenvalue weighted by Crippen LogP contribution is 2.34. The molecule has 1 N–H and O–H groups in total. The predicted octanol–water partition coefficient (Wildman–Crippen LogP) is 2.95. The van der Waals surface area contributed by atoms with Gasteiger partial charge >= 0.3 is 0 Å². The van der Waals surface area contributed by atoms with Crippen molar-refractivity contribution in [2.45, 2.75) is 30.9 Å². The van der Waals surface area contributed by atoms with Crippen LogP contribution in [0.2, 0.25) is 0 Å². The van der Waals surface area contributed by atoms with Crippen molar-refractivity contribution in [2.24, 2.45) is 0 Å². The van der Waals surface area contributed by atoms with Crippen LogP contribution in [0, 0.1) is 10.1 Å². The number of thioether (sulfide) groups is 1. The molecule has 0 aliphatic carbocycles. The van der Waals surface area contributed by atoms with E-state index in [-0.39, 0.29) is 16.0 Å². The van der Waals surface area contributed by atoms with E-state index in [9.17, 15) is 10.1 Å². The number of hydrogen-bond donors (Lipinski definition) is 1. The molecule has 6 heteroatoms. The third-order valence-corrected chi connectivity index (χ3v) is 4.31. The molecule has 1 fully saturated rings. The second-order valence-corrected chi connectivity index (χ2v) is 6.30. The lowest BCUT2D eigenvalue weighted by atomic mass is 10.2. The zero-order valence-corrected chi connectivity index (χ0v) is 12.0. The van der Waals surface area contributed by atoms with Crippen molar-refractivity contribution < 1.29 is 4.92 Å². The number of rotatable bonds is 4. The zero-order valence-electron chi connectivity index (χ0n) is 11.2. The second-order valence-electron chi connectivity index (χ2n) is 4.75. The van der Waals surface area contributed by atoms with Crippen molar-refractivity contribution >= 4 is 17.4 Å². The smallest absolute Gasteiger partial charge is 0.258 e. The zero-order chi connectivity index (χ0) is 13.8. The van der Waals surface area contributed by atoms with Crippen molar-refractivity contribution in [1.82, 2.24) is 10.4 Å². The molecule has 104 valence electrons. The Bertz CT molecular complexity index is 438. The van der Waals surface area contributed by atoms with Gasteiger partial charge < -0.3 is 0 Å². The van der Waals surface area contributed by atoms with Gasteiger partial charge in [-0.05, 0) is 24.1 Å². The number of benzene rings is 1. The van der Waals surface area contributed by atoms with Gasteiger partial charge in [-0.3, -0.25) is 10.1 Å². The third kappa shape index (κ3) is 3.68. The van der Waals surface area contributed by atoms with Crippen LogP contribution in [-0.4, -0.2) is 28.3 Å². The molecule has 0 bridgehead atoms. The molecule has 1 aromatic carbocycles. The summed E-state index contributed by atoms with van der Waals surface area (Å²) in [6.45, 7) is 6.43. The third-order valence-electron chi connectivity index (χ3n) is 3.05. The summed E-state index contributed by atoms with van der Waals surface area (Å²) < 4.78 is 0. The van der Waals surface area contributed by atoms with Crippen molar-refractivity contribution in [3.05, 3.63) is 39.9 Å². The van der Waals surface area contributed by atoms with Crippen LogP contribution in [0.15, 0.2) is 24.3 Å². The molecule has 2 atom stereocenters. The maximum Gasteiger partial charge on any atom is 0.269 e. The average molecular weight is 281 g/mol. The molecular weight excluding hydrogens is 262 g/mol. The highest BCUT2D eigenvalue weighted by atomic mass is 32.2. The fourth-order valence-corrected chi connectivity index (χ4v) is 3.44. The number of nitrogens with zero attached hydrogens (tertiary/aromatic N) is 2. The standard InChI is InChI=1S/C13H19N3O2S/c1-3-8-15-9-10(2)19-13(14-15)11-4-6-12(7-5-11)16(17)18/h4-7,10,13-14H,3,8-9H2,1-2H3. The van der Waals surface area contributed by atoms with Gasteiger partial charge in [0.2, 0.25) is 0 Å². The molecule has 2 unspecified atom stereocenters. The fourth-order valence-electron chi connectivity index (χ4n) is 2.18. The van der Waals surface area contributed by atoms with Gasteiger partial charge in [-0.15, -0.1) is 11.8 Å². The van der Waals surface area contributed by atoms with E-state index in [4.69, 9.17) is 0 Å². The van der Waals surface area contributed by atoms with Crippen LogP contribution in [0.25, 0.3) is 0 Å². The van der Waals surface area contributed by atoms with Crippen molar-refractivity contribution in [1.29, 1.82) is 0 Å². The summed E-state index contributed by atoms with van der Waals surface area (Å²) in [5, 5.41) is 13.6. The average Bonchev–Trinajstić information content (AvgIpc) is 2.38. The van der Waals surface area contributed by atoms with E-state index in [1.54, 1.807) is 12.1 Å². The SMILES string of the molecule is CCCN1CC(C)SC(c2ccc([N+](=O)[O-])cc2)N1. The number of nitro groups is 1. The Morgan fingerprint density at radius 1 is 1.47 bits per heavy atom. The monoisotopic (exact) mass is 281 g/mol. The van der Waals surface area contributed by atoms with Crippen molar-refractivity contribution in [3.8, 4) is 0 Å². The van der Waals surface area contributed by atoms with E-state index in [0.29, 0.717) is 5.25 Å². The van der Waals surface area contributed by atoms with E-state index < -0.39 is 0 Å². The van der Waals surface area contributed by atoms with Crippen molar-refractivity contribution in [3.63, 3.8) is 0 Å². The lowest BCUT2D eigenvalue weighted by Crippen LogP contribution is -2.47. The maximum absolute atomic E-state index is 10.7. The van der Waals surface area contributed by atoms with Crippen LogP contribution < -0.4 is 5.43 Å². The Labute approximate surface area is 117 Å². The number of nitrogens with one attached hydrogen (secondary N) is 1. The van der Waals surface area contributed by atoms with Gasteiger partial charge in [0.1, 0.15) is 0 Å². The first-order valence-electron chi connectivity index (χ1n) is 6.51. The van der Waals surface area contributed by atoms with Crippen LogP contribution in [-0.2, 0) is 0 Å². The van der Waals surface area contributed by atoms with Crippen LogP contribution in [0.1, 0.15) is 31.2 Å². The topological polar surface area (TPSA) is 58.4 Å². The van der Waals surface area contributed by atoms with Gasteiger partial charge in [-0.2, -0.15) is 0 Å². The molecule has 1 aromatic rings. The van der Waals surface area contributed by atoms with E-state index in [1.165, 1.54) is 0 Å². The molecule has 1 aliphatic heterocycles. The molecule has 1 aliphatic rings. The Hall–Kier alpha value is -1.11. The first-order valence-corrected chi connectivity index (χ1v) is 7.45. The molecule has 19 heavy (non-hydrogen) atoms. The minimum atomic E-state index is -0.364. The Morgan fingerprint density at radius 2 is 2.16 bits per heavy atom. The molecule has 0 aromatic heterocycles. The quantitative estimate of drug-likeness (QED) is 0.679. The molecule has 0 amide bonds. The molecule has 1 saturated heterocycles.